The van der Waals surface area contributed by atoms with Crippen LogP contribution in [0.2, 0.25) is 0 Å². The largest absolute Gasteiger partial charge is 0.324 e. The molecule has 1 amide bonds. The second kappa shape index (κ2) is 8.37. The fourth-order valence-corrected chi connectivity index (χ4v) is 3.64. The number of rotatable bonds is 6. The maximum absolute atomic E-state index is 13.1. The fraction of sp³-hybridized carbons (Fsp3) is 0.208. The molecule has 2 aromatic heterocycles. The van der Waals surface area contributed by atoms with Gasteiger partial charge < -0.3 is 5.32 Å². The van der Waals surface area contributed by atoms with Gasteiger partial charge in [-0.05, 0) is 54.3 Å². The number of anilines is 1. The molecule has 0 saturated carbocycles. The summed E-state index contributed by atoms with van der Waals surface area (Å²) < 4.78 is 3.17. The minimum Gasteiger partial charge on any atom is -0.324 e. The van der Waals surface area contributed by atoms with Crippen molar-refractivity contribution in [3.05, 3.63) is 88.3 Å². The average Bonchev–Trinajstić information content (AvgIpc) is 3.06. The van der Waals surface area contributed by atoms with Crippen molar-refractivity contribution in [2.75, 3.05) is 5.32 Å². The van der Waals surface area contributed by atoms with Gasteiger partial charge in [-0.2, -0.15) is 0 Å². The van der Waals surface area contributed by atoms with Gasteiger partial charge in [-0.15, -0.1) is 0 Å². The van der Waals surface area contributed by atoms with Crippen LogP contribution in [0, 0.1) is 0 Å². The summed E-state index contributed by atoms with van der Waals surface area (Å²) in [6.45, 7) is 4.11. The van der Waals surface area contributed by atoms with Gasteiger partial charge in [0.05, 0.1) is 11.1 Å². The van der Waals surface area contributed by atoms with Crippen LogP contribution < -0.4 is 10.9 Å². The Morgan fingerprint density at radius 3 is 2.47 bits per heavy atom. The Kier molecular flexibility index (Phi) is 5.48. The standard InChI is InChI=1S/C24H24N4O2/c1-3-17-11-13-19(14-12-17)28-24(30)20-9-7-15-25-23(20)27(28)16-22(29)26-21-10-6-5-8-18(21)4-2/h5-15H,3-4,16H2,1-2H3,(H,26,29). The van der Waals surface area contributed by atoms with E-state index in [0.717, 1.165) is 24.1 Å². The van der Waals surface area contributed by atoms with Crippen molar-refractivity contribution in [1.82, 2.24) is 14.3 Å². The molecule has 4 aromatic rings. The van der Waals surface area contributed by atoms with Crippen molar-refractivity contribution in [3.63, 3.8) is 0 Å². The number of benzene rings is 2. The van der Waals surface area contributed by atoms with Crippen LogP contribution in [0.15, 0.2) is 71.7 Å². The van der Waals surface area contributed by atoms with Crippen molar-refractivity contribution in [2.45, 2.75) is 33.2 Å². The zero-order valence-electron chi connectivity index (χ0n) is 17.1. The normalized spacial score (nSPS) is 11.0. The van der Waals surface area contributed by atoms with E-state index in [4.69, 9.17) is 0 Å². The molecule has 4 rings (SSSR count). The third kappa shape index (κ3) is 3.64. The summed E-state index contributed by atoms with van der Waals surface area (Å²) in [7, 11) is 0. The number of aromatic nitrogens is 3. The van der Waals surface area contributed by atoms with E-state index in [1.165, 1.54) is 10.2 Å². The molecule has 0 radical (unpaired) electrons. The summed E-state index contributed by atoms with van der Waals surface area (Å²) in [6.07, 6.45) is 3.37. The summed E-state index contributed by atoms with van der Waals surface area (Å²) in [5.74, 6) is -0.211. The van der Waals surface area contributed by atoms with Crippen molar-refractivity contribution in [2.24, 2.45) is 0 Å². The number of nitrogens with one attached hydrogen (secondary N) is 1. The molecule has 0 aliphatic carbocycles. The lowest BCUT2D eigenvalue weighted by Crippen LogP contribution is -2.27. The maximum Gasteiger partial charge on any atom is 0.280 e. The molecule has 1 N–H and O–H groups in total. The lowest BCUT2D eigenvalue weighted by molar-refractivity contribution is -0.116. The van der Waals surface area contributed by atoms with Gasteiger partial charge in [-0.25, -0.2) is 9.67 Å². The third-order valence-electron chi connectivity index (χ3n) is 5.25. The van der Waals surface area contributed by atoms with E-state index in [-0.39, 0.29) is 18.0 Å². The quantitative estimate of drug-likeness (QED) is 0.533. The molecule has 6 nitrogen and oxygen atoms in total. The first-order chi connectivity index (χ1) is 14.6. The molecule has 0 aliphatic rings. The van der Waals surface area contributed by atoms with E-state index in [1.807, 2.05) is 55.5 Å². The lowest BCUT2D eigenvalue weighted by Gasteiger charge is -2.14. The number of nitrogens with zero attached hydrogens (tertiary/aromatic N) is 3. The number of carbonyl (C=O) groups excluding carboxylic acids is 1. The van der Waals surface area contributed by atoms with E-state index in [1.54, 1.807) is 23.0 Å². The Balaban J connectivity index is 1.75. The highest BCUT2D eigenvalue weighted by atomic mass is 16.2. The molecule has 2 aromatic carbocycles. The van der Waals surface area contributed by atoms with Gasteiger partial charge in [0, 0.05) is 11.9 Å². The summed E-state index contributed by atoms with van der Waals surface area (Å²) in [6, 6.07) is 19.0. The second-order valence-corrected chi connectivity index (χ2v) is 7.13. The molecule has 0 unspecified atom stereocenters. The molecular formula is C24H24N4O2. The average molecular weight is 400 g/mol. The van der Waals surface area contributed by atoms with E-state index in [2.05, 4.69) is 17.2 Å². The predicted octanol–water partition coefficient (Wildman–Crippen LogP) is 3.95. The number of hydrogen-bond donors (Lipinski definition) is 1. The van der Waals surface area contributed by atoms with Crippen molar-refractivity contribution in [1.29, 1.82) is 0 Å². The van der Waals surface area contributed by atoms with E-state index < -0.39 is 0 Å². The Labute approximate surface area is 174 Å². The fourth-order valence-electron chi connectivity index (χ4n) is 3.64. The van der Waals surface area contributed by atoms with Gasteiger partial charge in [0.2, 0.25) is 5.91 Å². The lowest BCUT2D eigenvalue weighted by atomic mass is 10.1. The third-order valence-corrected chi connectivity index (χ3v) is 5.25. The predicted molar refractivity (Wildman–Crippen MR) is 119 cm³/mol. The van der Waals surface area contributed by atoms with Gasteiger partial charge in [-0.3, -0.25) is 14.3 Å². The topological polar surface area (TPSA) is 68.9 Å². The van der Waals surface area contributed by atoms with Crippen LogP contribution in [0.4, 0.5) is 5.69 Å². The molecule has 0 spiro atoms. The van der Waals surface area contributed by atoms with Gasteiger partial charge in [0.25, 0.3) is 5.56 Å². The van der Waals surface area contributed by atoms with Crippen LogP contribution in [0.1, 0.15) is 25.0 Å². The molecule has 0 saturated heterocycles. The van der Waals surface area contributed by atoms with Gasteiger partial charge in [-0.1, -0.05) is 44.2 Å². The first kappa shape index (κ1) is 19.6. The van der Waals surface area contributed by atoms with E-state index >= 15 is 0 Å². The highest BCUT2D eigenvalue weighted by molar-refractivity contribution is 5.92. The number of para-hydroxylation sites is 1. The second-order valence-electron chi connectivity index (χ2n) is 7.13. The highest BCUT2D eigenvalue weighted by Gasteiger charge is 2.18. The molecule has 6 heteroatoms. The van der Waals surface area contributed by atoms with Crippen LogP contribution in [0.3, 0.4) is 0 Å². The van der Waals surface area contributed by atoms with Crippen LogP contribution >= 0.6 is 0 Å². The Bertz CT molecular complexity index is 1250. The van der Waals surface area contributed by atoms with Crippen LogP contribution in [0.25, 0.3) is 16.7 Å². The van der Waals surface area contributed by atoms with Crippen molar-refractivity contribution >= 4 is 22.6 Å². The van der Waals surface area contributed by atoms with Crippen molar-refractivity contribution in [3.8, 4) is 5.69 Å². The van der Waals surface area contributed by atoms with Crippen LogP contribution in [-0.4, -0.2) is 20.3 Å². The molecule has 0 bridgehead atoms. The molecule has 152 valence electrons. The minimum atomic E-state index is -0.211. The number of pyridine rings is 1. The molecule has 2 heterocycles. The number of hydrogen-bond acceptors (Lipinski definition) is 3. The summed E-state index contributed by atoms with van der Waals surface area (Å²) >= 11 is 0. The minimum absolute atomic E-state index is 0.0245. The Hall–Kier alpha value is -3.67. The summed E-state index contributed by atoms with van der Waals surface area (Å²) in [4.78, 5) is 30.4. The molecule has 0 fully saturated rings. The summed E-state index contributed by atoms with van der Waals surface area (Å²) in [5, 5.41) is 3.46. The maximum atomic E-state index is 13.1. The number of aryl methyl sites for hydroxylation is 2. The summed E-state index contributed by atoms with van der Waals surface area (Å²) in [5.41, 5.74) is 4.04. The van der Waals surface area contributed by atoms with Crippen LogP contribution in [0.5, 0.6) is 0 Å². The molecule has 0 atom stereocenters. The zero-order valence-corrected chi connectivity index (χ0v) is 17.1. The van der Waals surface area contributed by atoms with Crippen LogP contribution in [-0.2, 0) is 24.2 Å². The Morgan fingerprint density at radius 1 is 0.967 bits per heavy atom. The monoisotopic (exact) mass is 400 g/mol. The van der Waals surface area contributed by atoms with E-state index in [0.29, 0.717) is 16.7 Å². The SMILES string of the molecule is CCc1ccc(-n2c(=O)c3cccnc3n2CC(=O)Nc2ccccc2CC)cc1. The number of amides is 1. The number of fused-ring (bicyclic) bond motifs is 1. The van der Waals surface area contributed by atoms with Gasteiger partial charge >= 0.3 is 0 Å². The van der Waals surface area contributed by atoms with Crippen molar-refractivity contribution < 1.29 is 4.79 Å². The van der Waals surface area contributed by atoms with E-state index in [9.17, 15) is 9.59 Å². The van der Waals surface area contributed by atoms with Gasteiger partial charge in [0.15, 0.2) is 5.65 Å². The Morgan fingerprint density at radius 2 is 1.73 bits per heavy atom. The number of carbonyl (C=O) groups is 1. The molecule has 0 aliphatic heterocycles. The highest BCUT2D eigenvalue weighted by Crippen LogP contribution is 2.17. The van der Waals surface area contributed by atoms with Gasteiger partial charge in [0.1, 0.15) is 6.54 Å². The smallest absolute Gasteiger partial charge is 0.280 e. The molecular weight excluding hydrogens is 376 g/mol. The first-order valence-electron chi connectivity index (χ1n) is 10.2. The zero-order chi connectivity index (χ0) is 21.1. The first-order valence-corrected chi connectivity index (χ1v) is 10.2. The molecule has 30 heavy (non-hydrogen) atoms.